The third kappa shape index (κ3) is 5.92. The summed E-state index contributed by atoms with van der Waals surface area (Å²) in [6, 6.07) is 15.5. The van der Waals surface area contributed by atoms with Crippen molar-refractivity contribution in [1.29, 1.82) is 0 Å². The van der Waals surface area contributed by atoms with Gasteiger partial charge in [-0.05, 0) is 62.4 Å². The minimum absolute atomic E-state index is 0.0509. The van der Waals surface area contributed by atoms with Crippen LogP contribution in [0.25, 0.3) is 0 Å². The molecule has 0 radical (unpaired) electrons. The van der Waals surface area contributed by atoms with E-state index in [4.69, 9.17) is 15.2 Å². The molecule has 2 aliphatic rings. The molecule has 3 N–H and O–H groups in total. The summed E-state index contributed by atoms with van der Waals surface area (Å²) >= 11 is 0. The van der Waals surface area contributed by atoms with E-state index in [9.17, 15) is 14.4 Å². The van der Waals surface area contributed by atoms with Crippen LogP contribution in [0.1, 0.15) is 42.5 Å². The van der Waals surface area contributed by atoms with E-state index < -0.39 is 18.2 Å². The maximum atomic E-state index is 13.6. The smallest absolute Gasteiger partial charge is 0.417 e. The summed E-state index contributed by atoms with van der Waals surface area (Å²) in [5.41, 5.74) is 6.39. The molecule has 9 heteroatoms. The quantitative estimate of drug-likeness (QED) is 0.680. The van der Waals surface area contributed by atoms with Crippen LogP contribution in [0.2, 0.25) is 0 Å². The van der Waals surface area contributed by atoms with Crippen LogP contribution >= 0.6 is 0 Å². The molecular formula is C26H32N4O5. The van der Waals surface area contributed by atoms with Crippen LogP contribution in [-0.4, -0.2) is 66.2 Å². The Morgan fingerprint density at radius 1 is 0.914 bits per heavy atom. The summed E-state index contributed by atoms with van der Waals surface area (Å²) in [6.07, 6.45) is 1.88. The lowest BCUT2D eigenvalue weighted by Crippen LogP contribution is -2.65. The Labute approximate surface area is 205 Å². The highest BCUT2D eigenvalue weighted by atomic mass is 16.6. The topological polar surface area (TPSA) is 114 Å². The molecule has 2 fully saturated rings. The third-order valence-electron chi connectivity index (χ3n) is 6.50. The van der Waals surface area contributed by atoms with Crippen LogP contribution in [0, 0.1) is 0 Å². The summed E-state index contributed by atoms with van der Waals surface area (Å²) < 4.78 is 10.8. The van der Waals surface area contributed by atoms with E-state index >= 15 is 0 Å². The number of para-hydroxylation sites is 1. The fourth-order valence-corrected chi connectivity index (χ4v) is 4.62. The van der Waals surface area contributed by atoms with E-state index in [1.54, 1.807) is 48.5 Å². The summed E-state index contributed by atoms with van der Waals surface area (Å²) in [5.74, 6) is 0.153. The van der Waals surface area contributed by atoms with E-state index in [1.807, 2.05) is 6.07 Å². The van der Waals surface area contributed by atoms with Crippen LogP contribution in [-0.2, 0) is 4.79 Å². The van der Waals surface area contributed by atoms with Crippen molar-refractivity contribution in [1.82, 2.24) is 15.1 Å². The lowest BCUT2D eigenvalue weighted by atomic mass is 9.91. The Hall–Kier alpha value is -3.59. The Balaban J connectivity index is 1.59. The van der Waals surface area contributed by atoms with Crippen molar-refractivity contribution < 1.29 is 23.9 Å². The second-order valence-corrected chi connectivity index (χ2v) is 8.95. The van der Waals surface area contributed by atoms with Gasteiger partial charge in [-0.2, -0.15) is 0 Å². The maximum Gasteiger partial charge on any atom is 0.417 e. The van der Waals surface area contributed by atoms with Gasteiger partial charge in [-0.3, -0.25) is 14.5 Å². The molecule has 3 amide bonds. The molecule has 1 heterocycles. The van der Waals surface area contributed by atoms with Crippen molar-refractivity contribution in [3.8, 4) is 11.5 Å². The minimum Gasteiger partial charge on any atom is -0.497 e. The van der Waals surface area contributed by atoms with Crippen molar-refractivity contribution in [3.63, 3.8) is 0 Å². The van der Waals surface area contributed by atoms with E-state index in [0.717, 1.165) is 25.7 Å². The number of benzene rings is 2. The summed E-state index contributed by atoms with van der Waals surface area (Å²) in [4.78, 5) is 43.1. The normalized spacial score (nSPS) is 22.3. The van der Waals surface area contributed by atoms with Gasteiger partial charge in [0.25, 0.3) is 11.8 Å². The van der Waals surface area contributed by atoms with Crippen LogP contribution in [0.4, 0.5) is 4.79 Å². The van der Waals surface area contributed by atoms with Gasteiger partial charge in [-0.15, -0.1) is 0 Å². The molecule has 4 rings (SSSR count). The summed E-state index contributed by atoms with van der Waals surface area (Å²) in [5, 5.41) is 3.05. The van der Waals surface area contributed by atoms with Crippen LogP contribution < -0.4 is 20.5 Å². The molecular weight excluding hydrogens is 448 g/mol. The highest BCUT2D eigenvalue weighted by molar-refractivity contribution is 5.99. The molecule has 35 heavy (non-hydrogen) atoms. The molecule has 1 aliphatic heterocycles. The zero-order valence-electron chi connectivity index (χ0n) is 19.9. The number of carbonyl (C=O) groups excluding carboxylic acids is 3. The van der Waals surface area contributed by atoms with Gasteiger partial charge < -0.3 is 25.4 Å². The van der Waals surface area contributed by atoms with Gasteiger partial charge in [0, 0.05) is 30.7 Å². The number of hydrogen-bond donors (Lipinski definition) is 2. The van der Waals surface area contributed by atoms with Crippen molar-refractivity contribution in [3.05, 3.63) is 60.2 Å². The SMILES string of the molecule is COc1cccc(C(=O)N2CCCN(C(=O)Oc3ccccc3)C2C(=O)NC2CCC(N)CC2)c1. The average molecular weight is 481 g/mol. The van der Waals surface area contributed by atoms with Crippen LogP contribution in [0.3, 0.4) is 0 Å². The first-order valence-electron chi connectivity index (χ1n) is 12.0. The monoisotopic (exact) mass is 480 g/mol. The molecule has 0 aromatic heterocycles. The molecule has 1 aliphatic carbocycles. The van der Waals surface area contributed by atoms with Crippen molar-refractivity contribution in [2.75, 3.05) is 20.2 Å². The third-order valence-corrected chi connectivity index (χ3v) is 6.50. The Morgan fingerprint density at radius 3 is 2.31 bits per heavy atom. The lowest BCUT2D eigenvalue weighted by molar-refractivity contribution is -0.133. The molecule has 2 aromatic carbocycles. The lowest BCUT2D eigenvalue weighted by Gasteiger charge is -2.42. The van der Waals surface area contributed by atoms with Gasteiger partial charge in [-0.1, -0.05) is 24.3 Å². The van der Waals surface area contributed by atoms with Crippen molar-refractivity contribution in [2.45, 2.75) is 50.4 Å². The molecule has 186 valence electrons. The zero-order chi connectivity index (χ0) is 24.8. The number of nitrogens with two attached hydrogens (primary N) is 1. The number of carbonyl (C=O) groups is 3. The maximum absolute atomic E-state index is 13.6. The fraction of sp³-hybridized carbons (Fsp3) is 0.423. The molecule has 1 atom stereocenters. The first-order chi connectivity index (χ1) is 17.0. The van der Waals surface area contributed by atoms with Gasteiger partial charge >= 0.3 is 6.09 Å². The number of ether oxygens (including phenoxy) is 2. The molecule has 9 nitrogen and oxygen atoms in total. The standard InChI is InChI=1S/C26H32N4O5/c1-34-22-10-5-7-18(17-22)25(32)29-15-6-16-30(26(33)35-21-8-3-2-4-9-21)24(29)23(31)28-20-13-11-19(27)12-14-20/h2-5,7-10,17,19-20,24H,6,11-16,27H2,1H3,(H,28,31). The summed E-state index contributed by atoms with van der Waals surface area (Å²) in [6.45, 7) is 0.625. The number of nitrogens with one attached hydrogen (secondary N) is 1. The molecule has 0 spiro atoms. The van der Waals surface area contributed by atoms with Gasteiger partial charge in [0.05, 0.1) is 7.11 Å². The molecule has 0 bridgehead atoms. The second kappa shape index (κ2) is 11.2. The van der Waals surface area contributed by atoms with Crippen molar-refractivity contribution >= 4 is 17.9 Å². The molecule has 1 saturated carbocycles. The van der Waals surface area contributed by atoms with E-state index in [0.29, 0.717) is 36.6 Å². The first kappa shape index (κ1) is 24.5. The van der Waals surface area contributed by atoms with Gasteiger partial charge in [0.15, 0.2) is 6.17 Å². The summed E-state index contributed by atoms with van der Waals surface area (Å²) in [7, 11) is 1.53. The highest BCUT2D eigenvalue weighted by Crippen LogP contribution is 2.24. The number of nitrogens with zero attached hydrogens (tertiary/aromatic N) is 2. The van der Waals surface area contributed by atoms with E-state index in [-0.39, 0.29) is 18.0 Å². The van der Waals surface area contributed by atoms with Crippen LogP contribution in [0.5, 0.6) is 11.5 Å². The fourth-order valence-electron chi connectivity index (χ4n) is 4.62. The van der Waals surface area contributed by atoms with Gasteiger partial charge in [0.2, 0.25) is 0 Å². The van der Waals surface area contributed by atoms with E-state index in [2.05, 4.69) is 5.32 Å². The Bertz CT molecular complexity index is 1040. The zero-order valence-corrected chi connectivity index (χ0v) is 19.9. The first-order valence-corrected chi connectivity index (χ1v) is 12.0. The number of methoxy groups -OCH3 is 1. The predicted molar refractivity (Wildman–Crippen MR) is 130 cm³/mol. The average Bonchev–Trinajstić information content (AvgIpc) is 2.89. The second-order valence-electron chi connectivity index (χ2n) is 8.95. The largest absolute Gasteiger partial charge is 0.497 e. The Kier molecular flexibility index (Phi) is 7.87. The van der Waals surface area contributed by atoms with Gasteiger partial charge in [0.1, 0.15) is 11.5 Å². The number of hydrogen-bond acceptors (Lipinski definition) is 6. The molecule has 1 unspecified atom stereocenters. The molecule has 2 aromatic rings. The van der Waals surface area contributed by atoms with Crippen LogP contribution in [0.15, 0.2) is 54.6 Å². The van der Waals surface area contributed by atoms with Gasteiger partial charge in [-0.25, -0.2) is 4.79 Å². The highest BCUT2D eigenvalue weighted by Gasteiger charge is 2.42. The Morgan fingerprint density at radius 2 is 1.60 bits per heavy atom. The number of rotatable bonds is 5. The van der Waals surface area contributed by atoms with Crippen molar-refractivity contribution in [2.24, 2.45) is 5.73 Å². The molecule has 1 saturated heterocycles. The predicted octanol–water partition coefficient (Wildman–Crippen LogP) is 2.75. The van der Waals surface area contributed by atoms with E-state index in [1.165, 1.54) is 16.9 Å². The number of amides is 3. The minimum atomic E-state index is -1.13.